The zero-order valence-electron chi connectivity index (χ0n) is 12.6. The Balaban J connectivity index is 1.70. The van der Waals surface area contributed by atoms with E-state index < -0.39 is 23.8 Å². The number of benzene rings is 1. The number of aromatic nitrogens is 1. The van der Waals surface area contributed by atoms with E-state index in [9.17, 15) is 13.6 Å². The van der Waals surface area contributed by atoms with Crippen LogP contribution in [-0.4, -0.2) is 17.2 Å². The van der Waals surface area contributed by atoms with E-state index in [1.54, 1.807) is 13.8 Å². The van der Waals surface area contributed by atoms with Crippen LogP contribution in [0.1, 0.15) is 39.8 Å². The minimum atomic E-state index is -0.623. The van der Waals surface area contributed by atoms with E-state index in [0.29, 0.717) is 23.4 Å². The molecule has 1 aliphatic rings. The predicted octanol–water partition coefficient (Wildman–Crippen LogP) is 1.86. The van der Waals surface area contributed by atoms with Gasteiger partial charge in [0.25, 0.3) is 5.91 Å². The van der Waals surface area contributed by atoms with Gasteiger partial charge in [-0.2, -0.15) is 0 Å². The van der Waals surface area contributed by atoms with E-state index in [2.05, 4.69) is 21.3 Å². The molecule has 6 nitrogen and oxygen atoms in total. The molecule has 1 aromatic carbocycles. The first-order valence-electron chi connectivity index (χ1n) is 7.16. The molecule has 2 aromatic rings. The summed E-state index contributed by atoms with van der Waals surface area (Å²) in [5.41, 5.74) is 6.44. The summed E-state index contributed by atoms with van der Waals surface area (Å²) in [6.07, 6.45) is -0.173. The third-order valence-corrected chi connectivity index (χ3v) is 3.82. The lowest BCUT2D eigenvalue weighted by molar-refractivity contribution is 0.0930. The van der Waals surface area contributed by atoms with Crippen molar-refractivity contribution in [3.8, 4) is 0 Å². The average Bonchev–Trinajstić information content (AvgIpc) is 3.06. The van der Waals surface area contributed by atoms with E-state index in [-0.39, 0.29) is 11.5 Å². The molecular formula is C15H16F2N4O2. The van der Waals surface area contributed by atoms with Crippen LogP contribution in [0.4, 0.5) is 8.78 Å². The number of hydrazine groups is 1. The molecule has 2 unspecified atom stereocenters. The van der Waals surface area contributed by atoms with Gasteiger partial charge >= 0.3 is 0 Å². The molecule has 1 fully saturated rings. The number of aryl methyl sites for hydroxylation is 2. The first kappa shape index (κ1) is 15.6. The number of amides is 1. The molecule has 0 bridgehead atoms. The lowest BCUT2D eigenvalue weighted by Crippen LogP contribution is -2.44. The van der Waals surface area contributed by atoms with Crippen molar-refractivity contribution in [2.45, 2.75) is 32.5 Å². The number of rotatable bonds is 3. The van der Waals surface area contributed by atoms with Gasteiger partial charge in [0.1, 0.15) is 23.0 Å². The van der Waals surface area contributed by atoms with Crippen LogP contribution in [-0.2, 0) is 0 Å². The Bertz CT molecular complexity index is 707. The molecule has 1 amide bonds. The Morgan fingerprint density at radius 3 is 2.61 bits per heavy atom. The predicted molar refractivity (Wildman–Crippen MR) is 77.2 cm³/mol. The smallest absolute Gasteiger partial charge is 0.258 e. The summed E-state index contributed by atoms with van der Waals surface area (Å²) in [6.45, 7) is 3.32. The zero-order chi connectivity index (χ0) is 16.6. The number of nitrogens with one attached hydrogen (secondary N) is 3. The van der Waals surface area contributed by atoms with Crippen LogP contribution in [0.3, 0.4) is 0 Å². The first-order valence-corrected chi connectivity index (χ1v) is 7.16. The number of carbonyl (C=O) groups is 1. The highest BCUT2D eigenvalue weighted by molar-refractivity contribution is 5.96. The quantitative estimate of drug-likeness (QED) is 0.804. The van der Waals surface area contributed by atoms with Crippen LogP contribution in [0.2, 0.25) is 0 Å². The van der Waals surface area contributed by atoms with Crippen LogP contribution in [0, 0.1) is 25.5 Å². The molecule has 122 valence electrons. The highest BCUT2D eigenvalue weighted by Gasteiger charge is 2.31. The molecule has 0 aliphatic carbocycles. The Labute approximate surface area is 131 Å². The fourth-order valence-corrected chi connectivity index (χ4v) is 2.72. The summed E-state index contributed by atoms with van der Waals surface area (Å²) < 4.78 is 32.6. The standard InChI is InChI=1S/C15H16F2N4O2/c1-7-13(8(2)23-21-7)15(22)18-12-6-11(19-20-12)14-9(16)4-3-5-10(14)17/h3-5,11-12,19-20H,6H2,1-2H3,(H,18,22). The van der Waals surface area contributed by atoms with Gasteiger partial charge in [-0.05, 0) is 26.0 Å². The van der Waals surface area contributed by atoms with E-state index in [1.807, 2.05) is 0 Å². The summed E-state index contributed by atoms with van der Waals surface area (Å²) >= 11 is 0. The van der Waals surface area contributed by atoms with Gasteiger partial charge in [0.15, 0.2) is 0 Å². The van der Waals surface area contributed by atoms with Gasteiger partial charge < -0.3 is 9.84 Å². The van der Waals surface area contributed by atoms with Crippen molar-refractivity contribution in [1.29, 1.82) is 0 Å². The molecule has 2 heterocycles. The van der Waals surface area contributed by atoms with E-state index in [4.69, 9.17) is 4.52 Å². The molecule has 1 aliphatic heterocycles. The van der Waals surface area contributed by atoms with Gasteiger partial charge in [0.2, 0.25) is 0 Å². The van der Waals surface area contributed by atoms with E-state index in [1.165, 1.54) is 18.2 Å². The number of carbonyl (C=O) groups excluding carboxylic acids is 1. The highest BCUT2D eigenvalue weighted by Crippen LogP contribution is 2.26. The summed E-state index contributed by atoms with van der Waals surface area (Å²) in [5, 5.41) is 6.47. The fraction of sp³-hybridized carbons (Fsp3) is 0.333. The van der Waals surface area contributed by atoms with Crippen LogP contribution in [0.5, 0.6) is 0 Å². The Hall–Kier alpha value is -2.32. The monoisotopic (exact) mass is 322 g/mol. The fourth-order valence-electron chi connectivity index (χ4n) is 2.72. The van der Waals surface area contributed by atoms with Crippen molar-refractivity contribution in [1.82, 2.24) is 21.3 Å². The molecule has 8 heteroatoms. The summed E-state index contributed by atoms with van der Waals surface area (Å²) in [6, 6.07) is 3.14. The second kappa shape index (κ2) is 6.05. The normalized spacial score (nSPS) is 20.7. The summed E-state index contributed by atoms with van der Waals surface area (Å²) in [5.74, 6) is -1.18. The van der Waals surface area contributed by atoms with Gasteiger partial charge in [-0.3, -0.25) is 4.79 Å². The summed E-state index contributed by atoms with van der Waals surface area (Å²) in [4.78, 5) is 12.3. The number of nitrogens with zero attached hydrogens (tertiary/aromatic N) is 1. The largest absolute Gasteiger partial charge is 0.361 e. The summed E-state index contributed by atoms with van der Waals surface area (Å²) in [7, 11) is 0. The van der Waals surface area contributed by atoms with Crippen LogP contribution >= 0.6 is 0 Å². The van der Waals surface area contributed by atoms with Crippen molar-refractivity contribution < 1.29 is 18.1 Å². The number of hydrogen-bond donors (Lipinski definition) is 3. The third-order valence-electron chi connectivity index (χ3n) is 3.82. The SMILES string of the molecule is Cc1noc(C)c1C(=O)NC1CC(c2c(F)cccc2F)NN1. The third kappa shape index (κ3) is 2.95. The molecule has 0 spiro atoms. The average molecular weight is 322 g/mol. The lowest BCUT2D eigenvalue weighted by atomic mass is 10.0. The van der Waals surface area contributed by atoms with Crippen molar-refractivity contribution in [2.24, 2.45) is 0 Å². The van der Waals surface area contributed by atoms with E-state index in [0.717, 1.165) is 0 Å². The van der Waals surface area contributed by atoms with Gasteiger partial charge in [-0.25, -0.2) is 19.6 Å². The molecule has 23 heavy (non-hydrogen) atoms. The van der Waals surface area contributed by atoms with Gasteiger partial charge in [0.05, 0.1) is 17.9 Å². The van der Waals surface area contributed by atoms with Gasteiger partial charge in [-0.15, -0.1) is 0 Å². The molecule has 3 rings (SSSR count). The Morgan fingerprint density at radius 2 is 2.00 bits per heavy atom. The van der Waals surface area contributed by atoms with Crippen LogP contribution in [0.25, 0.3) is 0 Å². The number of hydrogen-bond acceptors (Lipinski definition) is 5. The van der Waals surface area contributed by atoms with Gasteiger partial charge in [-0.1, -0.05) is 11.2 Å². The Morgan fingerprint density at radius 1 is 1.30 bits per heavy atom. The van der Waals surface area contributed by atoms with Crippen molar-refractivity contribution >= 4 is 5.91 Å². The molecular weight excluding hydrogens is 306 g/mol. The maximum atomic E-state index is 13.8. The van der Waals surface area contributed by atoms with Crippen LogP contribution < -0.4 is 16.2 Å². The minimum Gasteiger partial charge on any atom is -0.361 e. The van der Waals surface area contributed by atoms with Crippen molar-refractivity contribution in [2.75, 3.05) is 0 Å². The topological polar surface area (TPSA) is 79.2 Å². The first-order chi connectivity index (χ1) is 11.0. The van der Waals surface area contributed by atoms with E-state index >= 15 is 0 Å². The molecule has 3 N–H and O–H groups in total. The second-order valence-electron chi connectivity index (χ2n) is 5.44. The molecule has 1 saturated heterocycles. The minimum absolute atomic E-state index is 0.0471. The Kier molecular flexibility index (Phi) is 4.10. The van der Waals surface area contributed by atoms with Crippen molar-refractivity contribution in [3.05, 3.63) is 52.4 Å². The lowest BCUT2D eigenvalue weighted by Gasteiger charge is -2.12. The maximum Gasteiger partial charge on any atom is 0.258 e. The number of halogens is 2. The molecule has 2 atom stereocenters. The highest BCUT2D eigenvalue weighted by atomic mass is 19.1. The maximum absolute atomic E-state index is 13.8. The van der Waals surface area contributed by atoms with Crippen molar-refractivity contribution in [3.63, 3.8) is 0 Å². The van der Waals surface area contributed by atoms with Crippen LogP contribution in [0.15, 0.2) is 22.7 Å². The molecule has 1 aromatic heterocycles. The molecule has 0 radical (unpaired) electrons. The van der Waals surface area contributed by atoms with Gasteiger partial charge in [0, 0.05) is 12.0 Å². The zero-order valence-corrected chi connectivity index (χ0v) is 12.6. The second-order valence-corrected chi connectivity index (χ2v) is 5.44. The molecule has 0 saturated carbocycles.